The van der Waals surface area contributed by atoms with Crippen LogP contribution in [0.4, 0.5) is 0 Å². The fourth-order valence-corrected chi connectivity index (χ4v) is 2.13. The quantitative estimate of drug-likeness (QED) is 0.228. The fourth-order valence-electron chi connectivity index (χ4n) is 1.21. The summed E-state index contributed by atoms with van der Waals surface area (Å²) in [7, 11) is 0. The van der Waals surface area contributed by atoms with Gasteiger partial charge < -0.3 is 16.3 Å². The van der Waals surface area contributed by atoms with E-state index in [-0.39, 0.29) is 11.7 Å². The predicted molar refractivity (Wildman–Crippen MR) is 81.8 cm³/mol. The van der Waals surface area contributed by atoms with Crippen molar-refractivity contribution in [2.24, 2.45) is 10.9 Å². The van der Waals surface area contributed by atoms with Crippen molar-refractivity contribution in [1.29, 1.82) is 0 Å². The molecule has 18 heavy (non-hydrogen) atoms. The molecular weight excluding hydrogens is 413 g/mol. The zero-order valence-corrected chi connectivity index (χ0v) is 13.6. The number of hydrogen-bond acceptors (Lipinski definition) is 3. The van der Waals surface area contributed by atoms with Crippen LogP contribution >= 0.6 is 38.5 Å². The largest absolute Gasteiger partial charge is 0.409 e. The molecule has 0 saturated heterocycles. The molecule has 0 radical (unpaired) electrons. The van der Waals surface area contributed by atoms with Gasteiger partial charge in [0.15, 0.2) is 5.84 Å². The first kappa shape index (κ1) is 15.2. The lowest BCUT2D eigenvalue weighted by Crippen LogP contribution is -2.53. The number of benzene rings is 1. The monoisotopic (exact) mass is 425 g/mol. The van der Waals surface area contributed by atoms with Gasteiger partial charge in [-0.05, 0) is 70.6 Å². The molecular formula is C11H13BrIN3O2. The summed E-state index contributed by atoms with van der Waals surface area (Å²) < 4.78 is 1.64. The molecule has 4 N–H and O–H groups in total. The van der Waals surface area contributed by atoms with Crippen molar-refractivity contribution in [2.75, 3.05) is 0 Å². The van der Waals surface area contributed by atoms with E-state index in [1.54, 1.807) is 26.0 Å². The second-order valence-electron chi connectivity index (χ2n) is 4.19. The number of amides is 1. The Kier molecular flexibility index (Phi) is 4.97. The van der Waals surface area contributed by atoms with Gasteiger partial charge in [0.05, 0.1) is 11.1 Å². The van der Waals surface area contributed by atoms with Crippen molar-refractivity contribution in [2.45, 2.75) is 19.4 Å². The summed E-state index contributed by atoms with van der Waals surface area (Å²) in [6, 6.07) is 5.44. The summed E-state index contributed by atoms with van der Waals surface area (Å²) in [4.78, 5) is 12.1. The van der Waals surface area contributed by atoms with Crippen molar-refractivity contribution < 1.29 is 10.0 Å². The third-order valence-electron chi connectivity index (χ3n) is 2.35. The molecule has 0 bridgehead atoms. The molecule has 0 atom stereocenters. The highest BCUT2D eigenvalue weighted by molar-refractivity contribution is 14.1. The number of nitrogens with two attached hydrogens (primary N) is 1. The maximum atomic E-state index is 12.1. The van der Waals surface area contributed by atoms with E-state index in [9.17, 15) is 4.79 Å². The predicted octanol–water partition coefficient (Wildman–Crippen LogP) is 2.31. The Morgan fingerprint density at radius 1 is 1.56 bits per heavy atom. The first-order valence-corrected chi connectivity index (χ1v) is 6.90. The number of carbonyl (C=O) groups is 1. The highest BCUT2D eigenvalue weighted by Crippen LogP contribution is 2.20. The topological polar surface area (TPSA) is 87.7 Å². The Morgan fingerprint density at radius 2 is 2.17 bits per heavy atom. The molecule has 7 heteroatoms. The fraction of sp³-hybridized carbons (Fsp3) is 0.273. The smallest absolute Gasteiger partial charge is 0.253 e. The van der Waals surface area contributed by atoms with Crippen LogP contribution in [-0.4, -0.2) is 22.5 Å². The zero-order chi connectivity index (χ0) is 13.9. The first-order chi connectivity index (χ1) is 8.27. The van der Waals surface area contributed by atoms with Gasteiger partial charge in [0.25, 0.3) is 5.91 Å². The van der Waals surface area contributed by atoms with Crippen molar-refractivity contribution >= 4 is 50.3 Å². The molecule has 1 rings (SSSR count). The van der Waals surface area contributed by atoms with Gasteiger partial charge in [0.1, 0.15) is 0 Å². The van der Waals surface area contributed by atoms with Crippen LogP contribution in [0.15, 0.2) is 27.8 Å². The van der Waals surface area contributed by atoms with Crippen LogP contribution in [0, 0.1) is 3.57 Å². The number of oxime groups is 1. The van der Waals surface area contributed by atoms with Gasteiger partial charge in [-0.2, -0.15) is 0 Å². The molecule has 1 amide bonds. The van der Waals surface area contributed by atoms with E-state index >= 15 is 0 Å². The van der Waals surface area contributed by atoms with Crippen molar-refractivity contribution in [1.82, 2.24) is 5.32 Å². The number of carbonyl (C=O) groups excluding carboxylic acids is 1. The van der Waals surface area contributed by atoms with E-state index in [0.717, 1.165) is 3.57 Å². The van der Waals surface area contributed by atoms with Gasteiger partial charge >= 0.3 is 0 Å². The van der Waals surface area contributed by atoms with Crippen LogP contribution in [0.1, 0.15) is 24.2 Å². The minimum Gasteiger partial charge on any atom is -0.409 e. The molecule has 98 valence electrons. The average Bonchev–Trinajstić information content (AvgIpc) is 2.30. The molecule has 0 spiro atoms. The lowest BCUT2D eigenvalue weighted by atomic mass is 10.0. The van der Waals surface area contributed by atoms with Gasteiger partial charge in [0, 0.05) is 8.04 Å². The zero-order valence-electron chi connectivity index (χ0n) is 9.87. The normalized spacial score (nSPS) is 12.3. The maximum absolute atomic E-state index is 12.1. The van der Waals surface area contributed by atoms with Gasteiger partial charge in [-0.3, -0.25) is 4.79 Å². The van der Waals surface area contributed by atoms with Crippen LogP contribution < -0.4 is 11.1 Å². The number of nitrogens with one attached hydrogen (secondary N) is 1. The number of amidine groups is 1. The molecule has 0 aliphatic carbocycles. The standard InChI is InChI=1S/C11H13BrIN3O2/c1-11(2,10(14)16-18)15-9(17)7-5-6(13)3-4-8(7)12/h3-5,18H,1-2H3,(H2,14,16)(H,15,17). The lowest BCUT2D eigenvalue weighted by molar-refractivity contribution is 0.0930. The van der Waals surface area contributed by atoms with E-state index in [0.29, 0.717) is 10.0 Å². The molecule has 0 fully saturated rings. The third-order valence-corrected chi connectivity index (χ3v) is 3.71. The molecule has 1 aromatic carbocycles. The average molecular weight is 426 g/mol. The van der Waals surface area contributed by atoms with Crippen molar-refractivity contribution in [3.8, 4) is 0 Å². The second-order valence-corrected chi connectivity index (χ2v) is 6.29. The van der Waals surface area contributed by atoms with E-state index in [1.807, 2.05) is 6.07 Å². The van der Waals surface area contributed by atoms with Crippen molar-refractivity contribution in [3.05, 3.63) is 31.8 Å². The maximum Gasteiger partial charge on any atom is 0.253 e. The van der Waals surface area contributed by atoms with Crippen LogP contribution in [0.3, 0.4) is 0 Å². The summed E-state index contributed by atoms with van der Waals surface area (Å²) in [5, 5.41) is 14.3. The Labute approximate surface area is 127 Å². The summed E-state index contributed by atoms with van der Waals surface area (Å²) in [5.41, 5.74) is 5.09. The Hall–Kier alpha value is -0.830. The van der Waals surface area contributed by atoms with Gasteiger partial charge in [-0.25, -0.2) is 0 Å². The second kappa shape index (κ2) is 5.87. The molecule has 0 aromatic heterocycles. The van der Waals surface area contributed by atoms with E-state index < -0.39 is 5.54 Å². The Bertz CT molecular complexity index is 503. The number of rotatable bonds is 3. The Balaban J connectivity index is 2.99. The minimum atomic E-state index is -0.924. The molecule has 0 heterocycles. The SMILES string of the molecule is CC(C)(NC(=O)c1cc(I)ccc1Br)/C(N)=N/O. The molecule has 0 saturated carbocycles. The van der Waals surface area contributed by atoms with Crippen LogP contribution in [-0.2, 0) is 0 Å². The molecule has 1 aromatic rings. The summed E-state index contributed by atoms with van der Waals surface area (Å²) in [6.07, 6.45) is 0. The van der Waals surface area contributed by atoms with E-state index in [1.165, 1.54) is 0 Å². The van der Waals surface area contributed by atoms with Gasteiger partial charge in [-0.1, -0.05) is 5.16 Å². The molecule has 0 aliphatic heterocycles. The third kappa shape index (κ3) is 3.58. The van der Waals surface area contributed by atoms with Crippen LogP contribution in [0.5, 0.6) is 0 Å². The highest BCUT2D eigenvalue weighted by Gasteiger charge is 2.27. The number of hydrogen-bond donors (Lipinski definition) is 3. The summed E-state index contributed by atoms with van der Waals surface area (Å²) in [6.45, 7) is 3.31. The van der Waals surface area contributed by atoms with E-state index in [2.05, 4.69) is 49.0 Å². The summed E-state index contributed by atoms with van der Waals surface area (Å²) in [5.74, 6) is -0.352. The number of nitrogens with zero attached hydrogens (tertiary/aromatic N) is 1. The Morgan fingerprint density at radius 3 is 2.72 bits per heavy atom. The van der Waals surface area contributed by atoms with Gasteiger partial charge in [-0.15, -0.1) is 0 Å². The minimum absolute atomic E-state index is 0.0578. The van der Waals surface area contributed by atoms with Crippen LogP contribution in [0.2, 0.25) is 0 Å². The lowest BCUT2D eigenvalue weighted by Gasteiger charge is -2.24. The van der Waals surface area contributed by atoms with E-state index in [4.69, 9.17) is 10.9 Å². The molecule has 5 nitrogen and oxygen atoms in total. The summed E-state index contributed by atoms with van der Waals surface area (Å²) >= 11 is 5.44. The van der Waals surface area contributed by atoms with Crippen LogP contribution in [0.25, 0.3) is 0 Å². The van der Waals surface area contributed by atoms with Gasteiger partial charge in [0.2, 0.25) is 0 Å². The molecule has 0 unspecified atom stereocenters. The first-order valence-electron chi connectivity index (χ1n) is 5.03. The molecule has 0 aliphatic rings. The number of halogens is 2. The highest BCUT2D eigenvalue weighted by atomic mass is 127. The van der Waals surface area contributed by atoms with Crippen molar-refractivity contribution in [3.63, 3.8) is 0 Å².